The first-order valence-electron chi connectivity index (χ1n) is 11.1. The first-order chi connectivity index (χ1) is 15.8. The molecule has 0 radical (unpaired) electrons. The van der Waals surface area contributed by atoms with Crippen LogP contribution in [-0.4, -0.2) is 17.9 Å². The van der Waals surface area contributed by atoms with Crippen molar-refractivity contribution in [1.29, 1.82) is 0 Å². The summed E-state index contributed by atoms with van der Waals surface area (Å²) in [4.78, 5) is 28.7. The van der Waals surface area contributed by atoms with E-state index in [9.17, 15) is 9.59 Å². The zero-order valence-electron chi connectivity index (χ0n) is 19.6. The lowest BCUT2D eigenvalue weighted by molar-refractivity contribution is -0.120. The van der Waals surface area contributed by atoms with Crippen LogP contribution in [0.5, 0.6) is 5.75 Å². The number of ether oxygens (including phenoxy) is 1. The van der Waals surface area contributed by atoms with Gasteiger partial charge in [-0.05, 0) is 81.1 Å². The first kappa shape index (κ1) is 22.3. The molecule has 33 heavy (non-hydrogen) atoms. The van der Waals surface area contributed by atoms with E-state index < -0.39 is 5.91 Å². The number of nitrogens with zero attached hydrogens (tertiary/aromatic N) is 1. The molecule has 0 spiro atoms. The molecular weight excluding hydrogens is 412 g/mol. The quantitative estimate of drug-likeness (QED) is 0.493. The van der Waals surface area contributed by atoms with Crippen molar-refractivity contribution in [2.75, 3.05) is 10.2 Å². The van der Waals surface area contributed by atoms with E-state index in [1.165, 1.54) is 4.90 Å². The van der Waals surface area contributed by atoms with Gasteiger partial charge in [-0.25, -0.2) is 4.90 Å². The van der Waals surface area contributed by atoms with Crippen LogP contribution in [-0.2, 0) is 9.59 Å². The van der Waals surface area contributed by atoms with Crippen molar-refractivity contribution < 1.29 is 14.3 Å². The van der Waals surface area contributed by atoms with Crippen LogP contribution in [0.3, 0.4) is 0 Å². The van der Waals surface area contributed by atoms with Gasteiger partial charge in [0.25, 0.3) is 11.8 Å². The molecule has 0 unspecified atom stereocenters. The number of imide groups is 1. The molecule has 0 aromatic heterocycles. The average Bonchev–Trinajstić information content (AvgIpc) is 3.00. The molecule has 0 saturated carbocycles. The fraction of sp³-hybridized carbons (Fsp3) is 0.214. The van der Waals surface area contributed by atoms with Crippen molar-refractivity contribution in [3.63, 3.8) is 0 Å². The molecule has 2 amide bonds. The van der Waals surface area contributed by atoms with Crippen molar-refractivity contribution in [2.24, 2.45) is 0 Å². The maximum atomic E-state index is 13.8. The largest absolute Gasteiger partial charge is 0.489 e. The Kier molecular flexibility index (Phi) is 6.05. The zero-order valence-corrected chi connectivity index (χ0v) is 19.6. The SMILES string of the molecule is Cc1cccc(NC2=C(c3ccc(C)c(C)c3)C(=O)N(c3ccccc3OC(C)C)C2=O)c1. The van der Waals surface area contributed by atoms with Crippen molar-refractivity contribution in [3.8, 4) is 5.75 Å². The van der Waals surface area contributed by atoms with E-state index in [1.54, 1.807) is 18.2 Å². The van der Waals surface area contributed by atoms with Gasteiger partial charge in [-0.3, -0.25) is 9.59 Å². The number of amides is 2. The Bertz CT molecular complexity index is 1270. The summed E-state index contributed by atoms with van der Waals surface area (Å²) < 4.78 is 5.91. The fourth-order valence-electron chi connectivity index (χ4n) is 3.89. The molecule has 0 aliphatic carbocycles. The number of benzene rings is 3. The maximum absolute atomic E-state index is 13.8. The van der Waals surface area contributed by atoms with Gasteiger partial charge < -0.3 is 10.1 Å². The predicted octanol–water partition coefficient (Wildman–Crippen LogP) is 5.80. The number of hydrogen-bond donors (Lipinski definition) is 1. The topological polar surface area (TPSA) is 58.6 Å². The smallest absolute Gasteiger partial charge is 0.282 e. The number of rotatable bonds is 6. The second kappa shape index (κ2) is 8.94. The Balaban J connectivity index is 1.85. The number of carbonyl (C=O) groups is 2. The van der Waals surface area contributed by atoms with Crippen LogP contribution in [0.25, 0.3) is 5.57 Å². The minimum atomic E-state index is -0.408. The fourth-order valence-corrected chi connectivity index (χ4v) is 3.89. The molecular formula is C28H28N2O3. The van der Waals surface area contributed by atoms with E-state index in [0.717, 1.165) is 22.4 Å². The predicted molar refractivity (Wildman–Crippen MR) is 132 cm³/mol. The number of anilines is 2. The summed E-state index contributed by atoms with van der Waals surface area (Å²) in [6.45, 7) is 9.82. The number of aryl methyl sites for hydroxylation is 3. The van der Waals surface area contributed by atoms with Crippen LogP contribution in [0.1, 0.15) is 36.1 Å². The highest BCUT2D eigenvalue weighted by Gasteiger charge is 2.41. The van der Waals surface area contributed by atoms with Gasteiger partial charge in [-0.2, -0.15) is 0 Å². The van der Waals surface area contributed by atoms with Crippen LogP contribution in [0, 0.1) is 20.8 Å². The average molecular weight is 441 g/mol. The summed E-state index contributed by atoms with van der Waals surface area (Å²) in [5, 5.41) is 3.23. The standard InChI is InChI=1S/C28H28N2O3/c1-17(2)33-24-12-7-6-11-23(24)30-27(31)25(21-14-13-19(4)20(5)16-21)26(28(30)32)29-22-10-8-9-18(3)15-22/h6-17,29H,1-5H3. The molecule has 0 bridgehead atoms. The van der Waals surface area contributed by atoms with E-state index in [2.05, 4.69) is 5.32 Å². The van der Waals surface area contributed by atoms with Crippen molar-refractivity contribution in [2.45, 2.75) is 40.7 Å². The lowest BCUT2D eigenvalue weighted by atomic mass is 9.99. The molecule has 0 saturated heterocycles. The highest BCUT2D eigenvalue weighted by atomic mass is 16.5. The third kappa shape index (κ3) is 4.40. The second-order valence-electron chi connectivity index (χ2n) is 8.62. The summed E-state index contributed by atoms with van der Waals surface area (Å²) in [6, 6.07) is 20.7. The highest BCUT2D eigenvalue weighted by Crippen LogP contribution is 2.38. The Hall–Kier alpha value is -3.86. The Morgan fingerprint density at radius 1 is 0.818 bits per heavy atom. The Morgan fingerprint density at radius 3 is 2.27 bits per heavy atom. The highest BCUT2D eigenvalue weighted by molar-refractivity contribution is 6.46. The molecule has 0 fully saturated rings. The van der Waals surface area contributed by atoms with E-state index in [1.807, 2.05) is 83.1 Å². The molecule has 1 N–H and O–H groups in total. The van der Waals surface area contributed by atoms with Crippen LogP contribution < -0.4 is 15.0 Å². The van der Waals surface area contributed by atoms with E-state index >= 15 is 0 Å². The van der Waals surface area contributed by atoms with E-state index in [-0.39, 0.29) is 17.7 Å². The number of para-hydroxylation sites is 2. The van der Waals surface area contributed by atoms with Crippen LogP contribution >= 0.6 is 0 Å². The molecule has 1 aliphatic rings. The van der Waals surface area contributed by atoms with E-state index in [4.69, 9.17) is 4.74 Å². The zero-order chi connectivity index (χ0) is 23.7. The molecule has 5 heteroatoms. The molecule has 0 atom stereocenters. The molecule has 1 heterocycles. The molecule has 3 aromatic rings. The Morgan fingerprint density at radius 2 is 1.58 bits per heavy atom. The minimum Gasteiger partial charge on any atom is -0.489 e. The van der Waals surface area contributed by atoms with Gasteiger partial charge in [-0.15, -0.1) is 0 Å². The summed E-state index contributed by atoms with van der Waals surface area (Å²) in [5.41, 5.74) is 5.73. The first-order valence-corrected chi connectivity index (χ1v) is 11.1. The van der Waals surface area contributed by atoms with Gasteiger partial charge in [0.1, 0.15) is 11.4 Å². The summed E-state index contributed by atoms with van der Waals surface area (Å²) in [5.74, 6) is -0.293. The van der Waals surface area contributed by atoms with Crippen LogP contribution in [0.15, 0.2) is 72.4 Å². The summed E-state index contributed by atoms with van der Waals surface area (Å²) in [7, 11) is 0. The van der Waals surface area contributed by atoms with Gasteiger partial charge >= 0.3 is 0 Å². The second-order valence-corrected chi connectivity index (χ2v) is 8.62. The molecule has 1 aliphatic heterocycles. The van der Waals surface area contributed by atoms with Gasteiger partial charge in [0.2, 0.25) is 0 Å². The number of carbonyl (C=O) groups excluding carboxylic acids is 2. The van der Waals surface area contributed by atoms with Gasteiger partial charge in [0.15, 0.2) is 0 Å². The molecule has 5 nitrogen and oxygen atoms in total. The maximum Gasteiger partial charge on any atom is 0.282 e. The van der Waals surface area contributed by atoms with Gasteiger partial charge in [0, 0.05) is 5.69 Å². The molecule has 3 aromatic carbocycles. The third-order valence-corrected chi connectivity index (χ3v) is 5.64. The summed E-state index contributed by atoms with van der Waals surface area (Å²) in [6.07, 6.45) is -0.101. The lowest BCUT2D eigenvalue weighted by Crippen LogP contribution is -2.33. The summed E-state index contributed by atoms with van der Waals surface area (Å²) >= 11 is 0. The van der Waals surface area contributed by atoms with E-state index in [0.29, 0.717) is 22.6 Å². The Labute approximate surface area is 194 Å². The van der Waals surface area contributed by atoms with Crippen molar-refractivity contribution in [1.82, 2.24) is 0 Å². The monoisotopic (exact) mass is 440 g/mol. The van der Waals surface area contributed by atoms with Crippen LogP contribution in [0.2, 0.25) is 0 Å². The number of nitrogens with one attached hydrogen (secondary N) is 1. The van der Waals surface area contributed by atoms with Gasteiger partial charge in [0.05, 0.1) is 17.4 Å². The minimum absolute atomic E-state index is 0.101. The molecule has 4 rings (SSSR count). The van der Waals surface area contributed by atoms with Crippen LogP contribution in [0.4, 0.5) is 11.4 Å². The van der Waals surface area contributed by atoms with Gasteiger partial charge in [-0.1, -0.05) is 42.5 Å². The van der Waals surface area contributed by atoms with Crippen molar-refractivity contribution >= 4 is 28.8 Å². The lowest BCUT2D eigenvalue weighted by Gasteiger charge is -2.20. The third-order valence-electron chi connectivity index (χ3n) is 5.64. The number of hydrogen-bond acceptors (Lipinski definition) is 4. The molecule has 168 valence electrons. The normalized spacial score (nSPS) is 13.8. The van der Waals surface area contributed by atoms with Crippen molar-refractivity contribution in [3.05, 3.63) is 94.7 Å².